The molecule has 2 rings (SSSR count). The monoisotopic (exact) mass is 319 g/mol. The van der Waals surface area contributed by atoms with Crippen LogP contribution in [0.25, 0.3) is 0 Å². The van der Waals surface area contributed by atoms with E-state index in [-0.39, 0.29) is 23.6 Å². The first-order valence-corrected chi connectivity index (χ1v) is 7.47. The lowest BCUT2D eigenvalue weighted by molar-refractivity contribution is -0.126. The molecule has 1 heterocycles. The molecule has 0 radical (unpaired) electrons. The van der Waals surface area contributed by atoms with Crippen molar-refractivity contribution in [2.45, 2.75) is 39.8 Å². The summed E-state index contributed by atoms with van der Waals surface area (Å²) in [6, 6.07) is 4.37. The van der Waals surface area contributed by atoms with Gasteiger partial charge in [-0.15, -0.1) is 0 Å². The van der Waals surface area contributed by atoms with Gasteiger partial charge in [0.1, 0.15) is 11.8 Å². The smallest absolute Gasteiger partial charge is 0.265 e. The van der Waals surface area contributed by atoms with Crippen LogP contribution in [0, 0.1) is 5.92 Å². The largest absolute Gasteiger partial charge is 0.479 e. The van der Waals surface area contributed by atoms with E-state index in [0.29, 0.717) is 17.1 Å². The third-order valence-electron chi connectivity index (χ3n) is 3.49. The van der Waals surface area contributed by atoms with E-state index in [1.807, 2.05) is 13.8 Å². The van der Waals surface area contributed by atoms with Crippen molar-refractivity contribution in [3.63, 3.8) is 0 Å². The van der Waals surface area contributed by atoms with Gasteiger partial charge in [-0.25, -0.2) is 0 Å². The number of ether oxygens (including phenoxy) is 1. The van der Waals surface area contributed by atoms with Crippen molar-refractivity contribution in [1.82, 2.24) is 5.32 Å². The Morgan fingerprint density at radius 1 is 1.30 bits per heavy atom. The Morgan fingerprint density at radius 2 is 2.00 bits per heavy atom. The first kappa shape index (κ1) is 16.8. The summed E-state index contributed by atoms with van der Waals surface area (Å²) in [5.74, 6) is -0.317. The van der Waals surface area contributed by atoms with Crippen molar-refractivity contribution in [2.75, 3.05) is 10.6 Å². The number of amides is 3. The Hall–Kier alpha value is -2.57. The lowest BCUT2D eigenvalue weighted by atomic mass is 10.0. The topological polar surface area (TPSA) is 96.5 Å². The Balaban J connectivity index is 2.14. The molecule has 0 aromatic heterocycles. The summed E-state index contributed by atoms with van der Waals surface area (Å²) in [7, 11) is 0. The number of anilines is 2. The first-order chi connectivity index (χ1) is 10.8. The van der Waals surface area contributed by atoms with Crippen LogP contribution in [-0.4, -0.2) is 29.9 Å². The van der Waals surface area contributed by atoms with Gasteiger partial charge in [-0.3, -0.25) is 14.4 Å². The van der Waals surface area contributed by atoms with E-state index in [0.717, 1.165) is 0 Å². The molecular formula is C16H21N3O4. The zero-order valence-electron chi connectivity index (χ0n) is 13.6. The Morgan fingerprint density at radius 3 is 2.61 bits per heavy atom. The quantitative estimate of drug-likeness (QED) is 0.783. The SMILES string of the molecule is CC(=O)N[C@@H](C(=O)Nc1ccc2c(c1)NC(=O)[C@@H](C)O2)C(C)C. The molecule has 0 unspecified atom stereocenters. The fourth-order valence-electron chi connectivity index (χ4n) is 2.26. The van der Waals surface area contributed by atoms with Gasteiger partial charge in [0.05, 0.1) is 5.69 Å². The molecule has 124 valence electrons. The van der Waals surface area contributed by atoms with Gasteiger partial charge in [-0.2, -0.15) is 0 Å². The number of carbonyl (C=O) groups is 3. The van der Waals surface area contributed by atoms with E-state index in [9.17, 15) is 14.4 Å². The van der Waals surface area contributed by atoms with Gasteiger partial charge in [0, 0.05) is 12.6 Å². The highest BCUT2D eigenvalue weighted by Gasteiger charge is 2.25. The lowest BCUT2D eigenvalue weighted by Crippen LogP contribution is -2.46. The van der Waals surface area contributed by atoms with E-state index in [4.69, 9.17) is 4.74 Å². The number of carbonyl (C=O) groups excluding carboxylic acids is 3. The standard InChI is InChI=1S/C16H21N3O4/c1-8(2)14(17-10(4)20)16(22)18-11-5-6-13-12(7-11)19-15(21)9(3)23-13/h5-9,14H,1-4H3,(H,17,20)(H,18,22)(H,19,21)/t9-,14-/m1/s1. The Labute approximate surface area is 134 Å². The number of nitrogens with one attached hydrogen (secondary N) is 3. The highest BCUT2D eigenvalue weighted by Crippen LogP contribution is 2.32. The zero-order chi connectivity index (χ0) is 17.1. The molecule has 0 aliphatic carbocycles. The van der Waals surface area contributed by atoms with Crippen LogP contribution >= 0.6 is 0 Å². The molecule has 0 saturated carbocycles. The molecule has 7 heteroatoms. The van der Waals surface area contributed by atoms with Crippen molar-refractivity contribution in [3.8, 4) is 5.75 Å². The van der Waals surface area contributed by atoms with Crippen LogP contribution in [0.15, 0.2) is 18.2 Å². The third-order valence-corrected chi connectivity index (χ3v) is 3.49. The van der Waals surface area contributed by atoms with E-state index < -0.39 is 12.1 Å². The van der Waals surface area contributed by atoms with E-state index in [1.54, 1.807) is 25.1 Å². The van der Waals surface area contributed by atoms with Crippen LogP contribution in [0.1, 0.15) is 27.7 Å². The van der Waals surface area contributed by atoms with Crippen molar-refractivity contribution in [2.24, 2.45) is 5.92 Å². The molecule has 0 bridgehead atoms. The minimum absolute atomic E-state index is 0.0552. The molecule has 3 amide bonds. The van der Waals surface area contributed by atoms with Gasteiger partial charge < -0.3 is 20.7 Å². The molecule has 23 heavy (non-hydrogen) atoms. The average molecular weight is 319 g/mol. The summed E-state index contributed by atoms with van der Waals surface area (Å²) in [6.45, 7) is 6.73. The predicted molar refractivity (Wildman–Crippen MR) is 86.2 cm³/mol. The predicted octanol–water partition coefficient (Wildman–Crippen LogP) is 1.51. The third kappa shape index (κ3) is 4.00. The second kappa shape index (κ2) is 6.68. The lowest BCUT2D eigenvalue weighted by Gasteiger charge is -2.24. The molecule has 1 aliphatic rings. The van der Waals surface area contributed by atoms with Crippen molar-refractivity contribution in [3.05, 3.63) is 18.2 Å². The minimum atomic E-state index is -0.630. The molecule has 1 aliphatic heterocycles. The summed E-state index contributed by atoms with van der Waals surface area (Å²) < 4.78 is 5.46. The second-order valence-corrected chi connectivity index (χ2v) is 5.87. The highest BCUT2D eigenvalue weighted by atomic mass is 16.5. The van der Waals surface area contributed by atoms with Crippen LogP contribution in [0.3, 0.4) is 0 Å². The van der Waals surface area contributed by atoms with E-state index >= 15 is 0 Å². The van der Waals surface area contributed by atoms with Crippen LogP contribution in [-0.2, 0) is 14.4 Å². The zero-order valence-corrected chi connectivity index (χ0v) is 13.6. The molecule has 0 spiro atoms. The molecule has 1 aromatic rings. The van der Waals surface area contributed by atoms with Crippen LogP contribution in [0.2, 0.25) is 0 Å². The van der Waals surface area contributed by atoms with Gasteiger partial charge in [-0.1, -0.05) is 13.8 Å². The fraction of sp³-hybridized carbons (Fsp3) is 0.438. The molecule has 3 N–H and O–H groups in total. The highest BCUT2D eigenvalue weighted by molar-refractivity contribution is 6.00. The van der Waals surface area contributed by atoms with Gasteiger partial charge >= 0.3 is 0 Å². The Bertz CT molecular complexity index is 642. The maximum Gasteiger partial charge on any atom is 0.265 e. The van der Waals surface area contributed by atoms with Crippen molar-refractivity contribution < 1.29 is 19.1 Å². The summed E-state index contributed by atoms with van der Waals surface area (Å²) >= 11 is 0. The number of hydrogen-bond acceptors (Lipinski definition) is 4. The first-order valence-electron chi connectivity index (χ1n) is 7.47. The number of benzene rings is 1. The van der Waals surface area contributed by atoms with Crippen LogP contribution in [0.5, 0.6) is 5.75 Å². The number of hydrogen-bond donors (Lipinski definition) is 3. The van der Waals surface area contributed by atoms with Crippen LogP contribution in [0.4, 0.5) is 11.4 Å². The molecule has 0 fully saturated rings. The van der Waals surface area contributed by atoms with Gasteiger partial charge in [-0.05, 0) is 31.0 Å². The Kier molecular flexibility index (Phi) is 4.88. The summed E-state index contributed by atoms with van der Waals surface area (Å²) in [4.78, 5) is 35.2. The van der Waals surface area contributed by atoms with E-state index in [2.05, 4.69) is 16.0 Å². The molecule has 7 nitrogen and oxygen atoms in total. The summed E-state index contributed by atoms with van der Waals surface area (Å²) in [5, 5.41) is 8.10. The minimum Gasteiger partial charge on any atom is -0.479 e. The van der Waals surface area contributed by atoms with Gasteiger partial charge in [0.2, 0.25) is 11.8 Å². The van der Waals surface area contributed by atoms with E-state index in [1.165, 1.54) is 6.92 Å². The normalized spacial score (nSPS) is 17.6. The van der Waals surface area contributed by atoms with Crippen molar-refractivity contribution >= 4 is 29.1 Å². The number of fused-ring (bicyclic) bond motifs is 1. The second-order valence-electron chi connectivity index (χ2n) is 5.87. The van der Waals surface area contributed by atoms with Crippen LogP contribution < -0.4 is 20.7 Å². The molecule has 0 saturated heterocycles. The van der Waals surface area contributed by atoms with Gasteiger partial charge in [0.15, 0.2) is 6.10 Å². The number of rotatable bonds is 4. The molecular weight excluding hydrogens is 298 g/mol. The van der Waals surface area contributed by atoms with Crippen molar-refractivity contribution in [1.29, 1.82) is 0 Å². The molecule has 2 atom stereocenters. The summed E-state index contributed by atoms with van der Waals surface area (Å²) in [5.41, 5.74) is 1.02. The van der Waals surface area contributed by atoms with Gasteiger partial charge in [0.25, 0.3) is 5.91 Å². The molecule has 1 aromatic carbocycles. The average Bonchev–Trinajstić information content (AvgIpc) is 2.45. The summed E-state index contributed by atoms with van der Waals surface area (Å²) in [6.07, 6.45) is -0.548. The maximum absolute atomic E-state index is 12.3. The fourth-order valence-corrected chi connectivity index (χ4v) is 2.26. The maximum atomic E-state index is 12.3.